The average molecular weight is 435 g/mol. The Hall–Kier alpha value is -2.35. The minimum atomic E-state index is -0.484. The lowest BCUT2D eigenvalue weighted by Gasteiger charge is -2.07. The van der Waals surface area contributed by atoms with Crippen molar-refractivity contribution in [3.05, 3.63) is 62.9 Å². The SMILES string of the molecule is COc1ccc(/C=C2\N=C(c3ccccc3I)OC2=O)c(OC)c1. The maximum absolute atomic E-state index is 12.1. The first-order valence-electron chi connectivity index (χ1n) is 7.12. The number of ether oxygens (including phenoxy) is 3. The molecule has 1 aliphatic heterocycles. The number of carbonyl (C=O) groups excluding carboxylic acids is 1. The summed E-state index contributed by atoms with van der Waals surface area (Å²) >= 11 is 2.18. The number of hydrogen-bond acceptors (Lipinski definition) is 5. The maximum atomic E-state index is 12.1. The summed E-state index contributed by atoms with van der Waals surface area (Å²) in [6, 6.07) is 12.9. The number of carbonyl (C=O) groups is 1. The molecule has 0 saturated heterocycles. The van der Waals surface area contributed by atoms with Crippen molar-refractivity contribution >= 4 is 40.5 Å². The van der Waals surface area contributed by atoms with E-state index in [-0.39, 0.29) is 5.70 Å². The summed E-state index contributed by atoms with van der Waals surface area (Å²) in [7, 11) is 3.14. The quantitative estimate of drug-likeness (QED) is 0.418. The number of nitrogens with zero attached hydrogens (tertiary/aromatic N) is 1. The molecule has 1 aliphatic rings. The zero-order valence-electron chi connectivity index (χ0n) is 13.1. The van der Waals surface area contributed by atoms with Crippen molar-refractivity contribution < 1.29 is 19.0 Å². The van der Waals surface area contributed by atoms with Gasteiger partial charge in [-0.3, -0.25) is 0 Å². The Labute approximate surface area is 153 Å². The number of cyclic esters (lactones) is 1. The third-order valence-electron chi connectivity index (χ3n) is 3.46. The van der Waals surface area contributed by atoms with Crippen molar-refractivity contribution in [1.29, 1.82) is 0 Å². The number of hydrogen-bond donors (Lipinski definition) is 0. The molecular formula is C18H14INO4. The summed E-state index contributed by atoms with van der Waals surface area (Å²) in [5.74, 6) is 1.09. The van der Waals surface area contributed by atoms with E-state index in [0.29, 0.717) is 17.4 Å². The molecular weight excluding hydrogens is 421 g/mol. The van der Waals surface area contributed by atoms with Gasteiger partial charge in [0.15, 0.2) is 5.70 Å². The number of aliphatic imine (C=N–C) groups is 1. The van der Waals surface area contributed by atoms with Crippen molar-refractivity contribution in [1.82, 2.24) is 0 Å². The van der Waals surface area contributed by atoms with Gasteiger partial charge < -0.3 is 14.2 Å². The van der Waals surface area contributed by atoms with Crippen LogP contribution in [0.25, 0.3) is 6.08 Å². The normalized spacial score (nSPS) is 15.2. The molecule has 24 heavy (non-hydrogen) atoms. The Morgan fingerprint density at radius 2 is 1.92 bits per heavy atom. The second-order valence-electron chi connectivity index (χ2n) is 4.92. The summed E-state index contributed by atoms with van der Waals surface area (Å²) in [5.41, 5.74) is 1.74. The maximum Gasteiger partial charge on any atom is 0.363 e. The fourth-order valence-electron chi connectivity index (χ4n) is 2.24. The van der Waals surface area contributed by atoms with Gasteiger partial charge in [0.25, 0.3) is 0 Å². The molecule has 2 aromatic carbocycles. The first-order valence-corrected chi connectivity index (χ1v) is 8.19. The van der Waals surface area contributed by atoms with E-state index in [4.69, 9.17) is 14.2 Å². The summed E-state index contributed by atoms with van der Waals surface area (Å²) in [4.78, 5) is 16.5. The van der Waals surface area contributed by atoms with Gasteiger partial charge in [0.2, 0.25) is 5.90 Å². The highest BCUT2D eigenvalue weighted by Crippen LogP contribution is 2.28. The van der Waals surface area contributed by atoms with E-state index in [2.05, 4.69) is 27.6 Å². The number of rotatable bonds is 4. The van der Waals surface area contributed by atoms with E-state index in [1.54, 1.807) is 38.5 Å². The first-order chi connectivity index (χ1) is 11.6. The zero-order chi connectivity index (χ0) is 17.1. The molecule has 6 heteroatoms. The monoisotopic (exact) mass is 435 g/mol. The third-order valence-corrected chi connectivity index (χ3v) is 4.40. The minimum absolute atomic E-state index is 0.230. The van der Waals surface area contributed by atoms with Gasteiger partial charge in [0.05, 0.1) is 19.8 Å². The van der Waals surface area contributed by atoms with Crippen LogP contribution in [0, 0.1) is 3.57 Å². The van der Waals surface area contributed by atoms with Gasteiger partial charge in [-0.25, -0.2) is 9.79 Å². The van der Waals surface area contributed by atoms with Crippen LogP contribution in [0.15, 0.2) is 53.2 Å². The van der Waals surface area contributed by atoms with Crippen LogP contribution in [0.3, 0.4) is 0 Å². The molecule has 0 atom stereocenters. The Morgan fingerprint density at radius 3 is 2.62 bits per heavy atom. The molecule has 0 amide bonds. The molecule has 2 aromatic rings. The van der Waals surface area contributed by atoms with Crippen LogP contribution in [-0.4, -0.2) is 26.1 Å². The first kappa shape index (κ1) is 16.5. The second kappa shape index (κ2) is 7.04. The molecule has 0 radical (unpaired) electrons. The van der Waals surface area contributed by atoms with E-state index in [1.807, 2.05) is 24.3 Å². The molecule has 122 valence electrons. The van der Waals surface area contributed by atoms with Crippen LogP contribution < -0.4 is 9.47 Å². The standard InChI is InChI=1S/C18H14INO4/c1-22-12-8-7-11(16(10-12)23-2)9-15-18(21)24-17(20-15)13-5-3-4-6-14(13)19/h3-10H,1-2H3/b15-9-. The Bertz CT molecular complexity index is 858. The van der Waals surface area contributed by atoms with Crippen LogP contribution in [-0.2, 0) is 9.53 Å². The number of halogens is 1. The lowest BCUT2D eigenvalue weighted by Crippen LogP contribution is -2.06. The molecule has 5 nitrogen and oxygen atoms in total. The second-order valence-corrected chi connectivity index (χ2v) is 6.09. The topological polar surface area (TPSA) is 57.1 Å². The Kier molecular flexibility index (Phi) is 4.84. The van der Waals surface area contributed by atoms with Crippen LogP contribution >= 0.6 is 22.6 Å². The predicted molar refractivity (Wildman–Crippen MR) is 99.3 cm³/mol. The van der Waals surface area contributed by atoms with Crippen LogP contribution in [0.2, 0.25) is 0 Å². The number of esters is 1. The zero-order valence-corrected chi connectivity index (χ0v) is 15.2. The van der Waals surface area contributed by atoms with Crippen LogP contribution in [0.1, 0.15) is 11.1 Å². The average Bonchev–Trinajstić information content (AvgIpc) is 2.96. The molecule has 0 bridgehead atoms. The summed E-state index contributed by atoms with van der Waals surface area (Å²) in [6.07, 6.45) is 1.64. The number of benzene rings is 2. The molecule has 0 saturated carbocycles. The van der Waals surface area contributed by atoms with Crippen molar-refractivity contribution in [2.45, 2.75) is 0 Å². The van der Waals surface area contributed by atoms with Crippen molar-refractivity contribution in [3.8, 4) is 11.5 Å². The molecule has 0 spiro atoms. The van der Waals surface area contributed by atoms with E-state index in [9.17, 15) is 4.79 Å². The van der Waals surface area contributed by atoms with E-state index < -0.39 is 5.97 Å². The van der Waals surface area contributed by atoms with Gasteiger partial charge in [-0.1, -0.05) is 12.1 Å². The fourth-order valence-corrected chi connectivity index (χ4v) is 2.86. The summed E-state index contributed by atoms with van der Waals surface area (Å²) in [6.45, 7) is 0. The minimum Gasteiger partial charge on any atom is -0.497 e. The molecule has 0 fully saturated rings. The van der Waals surface area contributed by atoms with Gasteiger partial charge in [0.1, 0.15) is 11.5 Å². The lowest BCUT2D eigenvalue weighted by molar-refractivity contribution is -0.129. The van der Waals surface area contributed by atoms with Crippen molar-refractivity contribution in [3.63, 3.8) is 0 Å². The van der Waals surface area contributed by atoms with E-state index >= 15 is 0 Å². The molecule has 0 N–H and O–H groups in total. The van der Waals surface area contributed by atoms with E-state index in [1.165, 1.54) is 0 Å². The molecule has 1 heterocycles. The largest absolute Gasteiger partial charge is 0.497 e. The highest BCUT2D eigenvalue weighted by Gasteiger charge is 2.25. The molecule has 0 unspecified atom stereocenters. The predicted octanol–water partition coefficient (Wildman–Crippen LogP) is 3.65. The van der Waals surface area contributed by atoms with Crippen molar-refractivity contribution in [2.24, 2.45) is 4.99 Å². The van der Waals surface area contributed by atoms with Crippen molar-refractivity contribution in [2.75, 3.05) is 14.2 Å². The summed E-state index contributed by atoms with van der Waals surface area (Å²) < 4.78 is 16.8. The highest BCUT2D eigenvalue weighted by atomic mass is 127. The highest BCUT2D eigenvalue weighted by molar-refractivity contribution is 14.1. The van der Waals surface area contributed by atoms with Crippen LogP contribution in [0.5, 0.6) is 11.5 Å². The Morgan fingerprint density at radius 1 is 1.12 bits per heavy atom. The molecule has 0 aromatic heterocycles. The Balaban J connectivity index is 1.99. The van der Waals surface area contributed by atoms with E-state index in [0.717, 1.165) is 14.7 Å². The van der Waals surface area contributed by atoms with Gasteiger partial charge in [-0.2, -0.15) is 0 Å². The molecule has 0 aliphatic carbocycles. The molecule has 3 rings (SSSR count). The summed E-state index contributed by atoms with van der Waals surface area (Å²) in [5, 5.41) is 0. The lowest BCUT2D eigenvalue weighted by atomic mass is 10.1. The van der Waals surface area contributed by atoms with Gasteiger partial charge >= 0.3 is 5.97 Å². The smallest absolute Gasteiger partial charge is 0.363 e. The fraction of sp³-hybridized carbons (Fsp3) is 0.111. The van der Waals surface area contributed by atoms with Gasteiger partial charge in [-0.15, -0.1) is 0 Å². The third kappa shape index (κ3) is 3.28. The van der Waals surface area contributed by atoms with Crippen LogP contribution in [0.4, 0.5) is 0 Å². The van der Waals surface area contributed by atoms with Gasteiger partial charge in [0, 0.05) is 15.2 Å². The van der Waals surface area contributed by atoms with Gasteiger partial charge in [-0.05, 0) is 52.9 Å². The number of methoxy groups -OCH3 is 2.